The molecule has 3 rings (SSSR count). The van der Waals surface area contributed by atoms with Crippen molar-refractivity contribution in [2.75, 3.05) is 13.2 Å². The zero-order chi connectivity index (χ0) is 16.4. The van der Waals surface area contributed by atoms with E-state index in [0.29, 0.717) is 13.2 Å². The summed E-state index contributed by atoms with van der Waals surface area (Å²) in [6.07, 6.45) is 0. The molecule has 2 aromatic carbocycles. The van der Waals surface area contributed by atoms with Crippen molar-refractivity contribution < 1.29 is 9.53 Å². The number of carbonyl (C=O) groups is 1. The Hall–Kier alpha value is -2.29. The Balaban J connectivity index is 1.69. The number of hydrogen-bond donors (Lipinski definition) is 1. The summed E-state index contributed by atoms with van der Waals surface area (Å²) in [7, 11) is 0. The molecule has 0 saturated carbocycles. The van der Waals surface area contributed by atoms with Crippen molar-refractivity contribution in [1.82, 2.24) is 5.32 Å². The molecule has 3 heteroatoms. The maximum atomic E-state index is 12.6. The average Bonchev–Trinajstić information content (AvgIpc) is 2.97. The fourth-order valence-electron chi connectivity index (χ4n) is 3.24. The van der Waals surface area contributed by atoms with Gasteiger partial charge in [-0.2, -0.15) is 0 Å². The van der Waals surface area contributed by atoms with E-state index in [2.05, 4.69) is 38.2 Å². The third-order valence-corrected chi connectivity index (χ3v) is 4.60. The highest BCUT2D eigenvalue weighted by atomic mass is 16.5. The van der Waals surface area contributed by atoms with Crippen LogP contribution in [-0.2, 0) is 10.2 Å². The van der Waals surface area contributed by atoms with Crippen molar-refractivity contribution in [2.24, 2.45) is 0 Å². The third kappa shape index (κ3) is 3.09. The van der Waals surface area contributed by atoms with Crippen LogP contribution in [0.2, 0.25) is 0 Å². The fourth-order valence-corrected chi connectivity index (χ4v) is 3.24. The lowest BCUT2D eigenvalue weighted by atomic mass is 9.82. The van der Waals surface area contributed by atoms with Crippen LogP contribution in [-0.4, -0.2) is 19.1 Å². The Morgan fingerprint density at radius 2 is 1.87 bits per heavy atom. The van der Waals surface area contributed by atoms with E-state index in [1.54, 1.807) is 0 Å². The van der Waals surface area contributed by atoms with Crippen molar-refractivity contribution in [3.8, 4) is 5.75 Å². The number of ether oxygens (including phenoxy) is 1. The molecule has 0 radical (unpaired) electrons. The maximum Gasteiger partial charge on any atom is 0.231 e. The maximum absolute atomic E-state index is 12.6. The first-order valence-electron chi connectivity index (χ1n) is 8.04. The summed E-state index contributed by atoms with van der Waals surface area (Å²) in [5.41, 5.74) is 3.39. The lowest BCUT2D eigenvalue weighted by Crippen LogP contribution is -2.39. The van der Waals surface area contributed by atoms with E-state index in [1.165, 1.54) is 11.1 Å². The molecule has 23 heavy (non-hydrogen) atoms. The quantitative estimate of drug-likeness (QED) is 0.937. The molecule has 1 heterocycles. The highest BCUT2D eigenvalue weighted by molar-refractivity contribution is 5.85. The molecule has 1 atom stereocenters. The first kappa shape index (κ1) is 15.6. The van der Waals surface area contributed by atoms with Crippen LogP contribution < -0.4 is 10.1 Å². The van der Waals surface area contributed by atoms with Gasteiger partial charge in [0.15, 0.2) is 0 Å². The molecule has 0 aliphatic carbocycles. The van der Waals surface area contributed by atoms with Crippen LogP contribution in [0.4, 0.5) is 0 Å². The minimum atomic E-state index is -0.209. The third-order valence-electron chi connectivity index (χ3n) is 4.60. The number of amides is 1. The Morgan fingerprint density at radius 1 is 1.17 bits per heavy atom. The molecule has 1 N–H and O–H groups in total. The SMILES string of the molecule is Cc1ccccc1C(C)(C)CNC(=O)C1COc2ccccc21. The van der Waals surface area contributed by atoms with E-state index < -0.39 is 0 Å². The first-order chi connectivity index (χ1) is 11.0. The van der Waals surface area contributed by atoms with Crippen LogP contribution >= 0.6 is 0 Å². The molecule has 3 nitrogen and oxygen atoms in total. The molecule has 0 saturated heterocycles. The van der Waals surface area contributed by atoms with E-state index >= 15 is 0 Å². The molecule has 1 amide bonds. The van der Waals surface area contributed by atoms with Crippen LogP contribution in [0, 0.1) is 6.92 Å². The van der Waals surface area contributed by atoms with Crippen LogP contribution in [0.25, 0.3) is 0 Å². The van der Waals surface area contributed by atoms with Gasteiger partial charge >= 0.3 is 0 Å². The van der Waals surface area contributed by atoms with Crippen LogP contribution in [0.15, 0.2) is 48.5 Å². The average molecular weight is 309 g/mol. The predicted octanol–water partition coefficient (Wildman–Crippen LogP) is 3.57. The summed E-state index contributed by atoms with van der Waals surface area (Å²) in [5, 5.41) is 3.11. The predicted molar refractivity (Wildman–Crippen MR) is 91.9 cm³/mol. The van der Waals surface area contributed by atoms with Gasteiger partial charge in [0.1, 0.15) is 18.3 Å². The summed E-state index contributed by atoms with van der Waals surface area (Å²) in [4.78, 5) is 12.6. The van der Waals surface area contributed by atoms with Gasteiger partial charge in [0.25, 0.3) is 0 Å². The summed E-state index contributed by atoms with van der Waals surface area (Å²) in [6, 6.07) is 16.1. The first-order valence-corrected chi connectivity index (χ1v) is 8.04. The van der Waals surface area contributed by atoms with Crippen molar-refractivity contribution in [1.29, 1.82) is 0 Å². The van der Waals surface area contributed by atoms with Gasteiger partial charge in [0, 0.05) is 17.5 Å². The molecular formula is C20H23NO2. The molecule has 0 fully saturated rings. The monoisotopic (exact) mass is 309 g/mol. The number of nitrogens with one attached hydrogen (secondary N) is 1. The number of hydrogen-bond acceptors (Lipinski definition) is 2. The van der Waals surface area contributed by atoms with Crippen LogP contribution in [0.3, 0.4) is 0 Å². The Morgan fingerprint density at radius 3 is 2.65 bits per heavy atom. The largest absolute Gasteiger partial charge is 0.492 e. The second-order valence-electron chi connectivity index (χ2n) is 6.82. The van der Waals surface area contributed by atoms with Gasteiger partial charge in [-0.1, -0.05) is 56.3 Å². The molecule has 1 aliphatic rings. The van der Waals surface area contributed by atoms with Gasteiger partial charge in [-0.3, -0.25) is 4.79 Å². The highest BCUT2D eigenvalue weighted by Crippen LogP contribution is 2.33. The molecule has 2 aromatic rings. The number of benzene rings is 2. The van der Waals surface area contributed by atoms with Gasteiger partial charge in [-0.25, -0.2) is 0 Å². The number of para-hydroxylation sites is 1. The normalized spacial score (nSPS) is 16.6. The lowest BCUT2D eigenvalue weighted by Gasteiger charge is -2.28. The molecule has 0 aromatic heterocycles. The van der Waals surface area contributed by atoms with E-state index in [0.717, 1.165) is 11.3 Å². The summed E-state index contributed by atoms with van der Waals surface area (Å²) < 4.78 is 5.61. The Kier molecular flexibility index (Phi) is 4.12. The smallest absolute Gasteiger partial charge is 0.231 e. The summed E-state index contributed by atoms with van der Waals surface area (Å²) in [5.74, 6) is 0.654. The van der Waals surface area contributed by atoms with Crippen molar-refractivity contribution in [2.45, 2.75) is 32.1 Å². The van der Waals surface area contributed by atoms with E-state index in [4.69, 9.17) is 4.74 Å². The van der Waals surface area contributed by atoms with E-state index in [1.807, 2.05) is 36.4 Å². The van der Waals surface area contributed by atoms with E-state index in [9.17, 15) is 4.79 Å². The zero-order valence-electron chi connectivity index (χ0n) is 13.9. The number of rotatable bonds is 4. The van der Waals surface area contributed by atoms with Crippen molar-refractivity contribution >= 4 is 5.91 Å². The summed E-state index contributed by atoms with van der Waals surface area (Å²) >= 11 is 0. The second kappa shape index (κ2) is 6.07. The fraction of sp³-hybridized carbons (Fsp3) is 0.350. The zero-order valence-corrected chi connectivity index (χ0v) is 13.9. The van der Waals surface area contributed by atoms with Gasteiger partial charge < -0.3 is 10.1 Å². The van der Waals surface area contributed by atoms with E-state index in [-0.39, 0.29) is 17.2 Å². The van der Waals surface area contributed by atoms with Crippen molar-refractivity contribution in [3.05, 3.63) is 65.2 Å². The number of fused-ring (bicyclic) bond motifs is 1. The number of aryl methyl sites for hydroxylation is 1. The minimum Gasteiger partial charge on any atom is -0.492 e. The molecular weight excluding hydrogens is 286 g/mol. The van der Waals surface area contributed by atoms with Gasteiger partial charge in [-0.05, 0) is 24.1 Å². The second-order valence-corrected chi connectivity index (χ2v) is 6.82. The molecule has 0 bridgehead atoms. The Bertz CT molecular complexity index is 721. The highest BCUT2D eigenvalue weighted by Gasteiger charge is 2.31. The van der Waals surface area contributed by atoms with Gasteiger partial charge in [0.05, 0.1) is 0 Å². The molecule has 1 aliphatic heterocycles. The van der Waals surface area contributed by atoms with Crippen LogP contribution in [0.5, 0.6) is 5.75 Å². The molecule has 1 unspecified atom stereocenters. The van der Waals surface area contributed by atoms with Gasteiger partial charge in [0.2, 0.25) is 5.91 Å². The lowest BCUT2D eigenvalue weighted by molar-refractivity contribution is -0.123. The van der Waals surface area contributed by atoms with Crippen LogP contribution in [0.1, 0.15) is 36.5 Å². The van der Waals surface area contributed by atoms with Gasteiger partial charge in [-0.15, -0.1) is 0 Å². The number of carbonyl (C=O) groups excluding carboxylic acids is 1. The van der Waals surface area contributed by atoms with Crippen molar-refractivity contribution in [3.63, 3.8) is 0 Å². The minimum absolute atomic E-state index is 0.0385. The molecule has 0 spiro atoms. The molecule has 120 valence electrons. The standard InChI is InChI=1S/C20H23NO2/c1-14-8-4-6-10-17(14)20(2,3)13-21-19(22)16-12-23-18-11-7-5-9-15(16)18/h4-11,16H,12-13H2,1-3H3,(H,21,22). The summed E-state index contributed by atoms with van der Waals surface area (Å²) in [6.45, 7) is 7.47. The Labute approximate surface area is 137 Å². The topological polar surface area (TPSA) is 38.3 Å².